The largest absolute Gasteiger partial charge is 0.416 e. The monoisotopic (exact) mass is 285 g/mol. The first kappa shape index (κ1) is 14.5. The molecule has 0 fully saturated rings. The number of benzene rings is 1. The van der Waals surface area contributed by atoms with Crippen molar-refractivity contribution in [3.8, 4) is 0 Å². The highest BCUT2D eigenvalue weighted by Crippen LogP contribution is 2.37. The Labute approximate surface area is 112 Å². The van der Waals surface area contributed by atoms with E-state index in [9.17, 15) is 22.7 Å². The molecule has 1 heterocycles. The van der Waals surface area contributed by atoms with Gasteiger partial charge in [0, 0.05) is 18.0 Å². The number of aromatic nitrogens is 1. The van der Waals surface area contributed by atoms with E-state index < -0.39 is 29.2 Å². The summed E-state index contributed by atoms with van der Waals surface area (Å²) < 4.78 is 51.8. The van der Waals surface area contributed by atoms with E-state index in [1.54, 1.807) is 13.0 Å². The molecule has 2 rings (SSSR count). The smallest absolute Gasteiger partial charge is 0.384 e. The lowest BCUT2D eigenvalue weighted by Crippen LogP contribution is -2.14. The van der Waals surface area contributed by atoms with Crippen molar-refractivity contribution in [1.29, 1.82) is 0 Å². The average Bonchev–Trinajstić information content (AvgIpc) is 2.37. The molecule has 6 heteroatoms. The molecule has 0 saturated heterocycles. The molecule has 1 aromatic heterocycles. The zero-order chi connectivity index (χ0) is 14.9. The van der Waals surface area contributed by atoms with Crippen molar-refractivity contribution < 1.29 is 22.7 Å². The summed E-state index contributed by atoms with van der Waals surface area (Å²) in [5, 5.41) is 10.1. The maximum atomic E-state index is 13.0. The van der Waals surface area contributed by atoms with Crippen molar-refractivity contribution in [2.45, 2.75) is 19.2 Å². The molecule has 1 N–H and O–H groups in total. The Morgan fingerprint density at radius 1 is 1.15 bits per heavy atom. The molecule has 2 nitrogen and oxygen atoms in total. The lowest BCUT2D eigenvalue weighted by atomic mass is 9.95. The first-order valence-corrected chi connectivity index (χ1v) is 5.76. The predicted molar refractivity (Wildman–Crippen MR) is 64.4 cm³/mol. The summed E-state index contributed by atoms with van der Waals surface area (Å²) in [5.41, 5.74) is -0.724. The fourth-order valence-corrected chi connectivity index (χ4v) is 1.94. The minimum absolute atomic E-state index is 0.254. The van der Waals surface area contributed by atoms with Gasteiger partial charge < -0.3 is 5.11 Å². The van der Waals surface area contributed by atoms with E-state index in [0.717, 1.165) is 12.1 Å². The molecule has 0 amide bonds. The molecular formula is C14H11F4NO. The van der Waals surface area contributed by atoms with Crippen LogP contribution in [-0.4, -0.2) is 10.1 Å². The predicted octanol–water partition coefficient (Wildman–Crippen LogP) is 3.63. The number of alkyl halides is 3. The molecule has 1 unspecified atom stereocenters. The van der Waals surface area contributed by atoms with Crippen molar-refractivity contribution in [3.05, 3.63) is 64.7 Å². The van der Waals surface area contributed by atoms with Crippen LogP contribution in [0, 0.1) is 12.7 Å². The second-order valence-electron chi connectivity index (χ2n) is 4.36. The summed E-state index contributed by atoms with van der Waals surface area (Å²) in [6, 6.07) is 3.79. The van der Waals surface area contributed by atoms with Gasteiger partial charge in [0.05, 0.1) is 5.56 Å². The van der Waals surface area contributed by atoms with Gasteiger partial charge in [-0.05, 0) is 36.2 Å². The van der Waals surface area contributed by atoms with Crippen molar-refractivity contribution in [1.82, 2.24) is 4.98 Å². The Hall–Kier alpha value is -1.95. The van der Waals surface area contributed by atoms with Gasteiger partial charge in [0.15, 0.2) is 0 Å². The number of nitrogens with zero attached hydrogens (tertiary/aromatic N) is 1. The van der Waals surface area contributed by atoms with Crippen LogP contribution in [0.15, 0.2) is 36.7 Å². The van der Waals surface area contributed by atoms with Crippen LogP contribution in [0.25, 0.3) is 0 Å². The van der Waals surface area contributed by atoms with Crippen LogP contribution < -0.4 is 0 Å². The Balaban J connectivity index is 2.56. The van der Waals surface area contributed by atoms with Gasteiger partial charge in [0.1, 0.15) is 11.9 Å². The Morgan fingerprint density at radius 3 is 2.45 bits per heavy atom. The Bertz CT molecular complexity index is 625. The van der Waals surface area contributed by atoms with Crippen LogP contribution in [-0.2, 0) is 6.18 Å². The molecule has 0 aliphatic heterocycles. The standard InChI is InChI=1S/C14H11F4NO/c1-8-4-5-19-7-11(8)13(20)10-3-2-9(15)6-12(10)14(16,17)18/h2-7,13,20H,1H3. The van der Waals surface area contributed by atoms with Crippen LogP contribution in [0.3, 0.4) is 0 Å². The second-order valence-corrected chi connectivity index (χ2v) is 4.36. The fourth-order valence-electron chi connectivity index (χ4n) is 1.94. The molecule has 0 bridgehead atoms. The van der Waals surface area contributed by atoms with Crippen LogP contribution >= 0.6 is 0 Å². The molecule has 0 spiro atoms. The lowest BCUT2D eigenvalue weighted by Gasteiger charge is -2.19. The molecule has 106 valence electrons. The summed E-state index contributed by atoms with van der Waals surface area (Å²) in [5.74, 6) is -1.00. The molecule has 2 aromatic rings. The number of halogens is 4. The van der Waals surface area contributed by atoms with Crippen LogP contribution in [0.4, 0.5) is 17.6 Å². The molecule has 0 radical (unpaired) electrons. The van der Waals surface area contributed by atoms with Crippen molar-refractivity contribution >= 4 is 0 Å². The first-order valence-electron chi connectivity index (χ1n) is 5.76. The zero-order valence-electron chi connectivity index (χ0n) is 10.4. The minimum atomic E-state index is -4.74. The van der Waals surface area contributed by atoms with Gasteiger partial charge in [0.25, 0.3) is 0 Å². The average molecular weight is 285 g/mol. The first-order chi connectivity index (χ1) is 9.30. The van der Waals surface area contributed by atoms with Gasteiger partial charge in [-0.3, -0.25) is 4.98 Å². The highest BCUT2D eigenvalue weighted by molar-refractivity contribution is 5.39. The molecule has 0 aliphatic rings. The third-order valence-corrected chi connectivity index (χ3v) is 2.99. The molecule has 1 atom stereocenters. The maximum absolute atomic E-state index is 13.0. The van der Waals surface area contributed by atoms with Gasteiger partial charge in [-0.15, -0.1) is 0 Å². The summed E-state index contributed by atoms with van der Waals surface area (Å²) in [4.78, 5) is 3.79. The molecule has 0 saturated carbocycles. The highest BCUT2D eigenvalue weighted by Gasteiger charge is 2.36. The van der Waals surface area contributed by atoms with Gasteiger partial charge in [0.2, 0.25) is 0 Å². The van der Waals surface area contributed by atoms with E-state index in [4.69, 9.17) is 0 Å². The van der Waals surface area contributed by atoms with E-state index in [-0.39, 0.29) is 5.56 Å². The topological polar surface area (TPSA) is 33.1 Å². The second kappa shape index (κ2) is 5.20. The number of aryl methyl sites for hydroxylation is 1. The minimum Gasteiger partial charge on any atom is -0.384 e. The van der Waals surface area contributed by atoms with Gasteiger partial charge in [-0.1, -0.05) is 6.07 Å². The Kier molecular flexibility index (Phi) is 3.76. The SMILES string of the molecule is Cc1ccncc1C(O)c1ccc(F)cc1C(F)(F)F. The van der Waals surface area contributed by atoms with Crippen LogP contribution in [0.2, 0.25) is 0 Å². The number of rotatable bonds is 2. The normalized spacial score (nSPS) is 13.3. The third-order valence-electron chi connectivity index (χ3n) is 2.99. The zero-order valence-corrected chi connectivity index (χ0v) is 10.4. The number of pyridine rings is 1. The van der Waals surface area contributed by atoms with E-state index in [1.165, 1.54) is 12.4 Å². The fraction of sp³-hybridized carbons (Fsp3) is 0.214. The van der Waals surface area contributed by atoms with E-state index in [0.29, 0.717) is 11.6 Å². The highest BCUT2D eigenvalue weighted by atomic mass is 19.4. The van der Waals surface area contributed by atoms with Gasteiger partial charge in [-0.25, -0.2) is 4.39 Å². The summed E-state index contributed by atoms with van der Waals surface area (Å²) in [7, 11) is 0. The van der Waals surface area contributed by atoms with E-state index >= 15 is 0 Å². The molecule has 0 aliphatic carbocycles. The molecule has 20 heavy (non-hydrogen) atoms. The molecule has 1 aromatic carbocycles. The molecular weight excluding hydrogens is 274 g/mol. The van der Waals surface area contributed by atoms with E-state index in [1.807, 2.05) is 0 Å². The lowest BCUT2D eigenvalue weighted by molar-refractivity contribution is -0.139. The third kappa shape index (κ3) is 2.80. The summed E-state index contributed by atoms with van der Waals surface area (Å²) >= 11 is 0. The van der Waals surface area contributed by atoms with E-state index in [2.05, 4.69) is 4.98 Å². The quantitative estimate of drug-likeness (QED) is 0.855. The van der Waals surface area contributed by atoms with Gasteiger partial charge in [-0.2, -0.15) is 13.2 Å². The van der Waals surface area contributed by atoms with Crippen LogP contribution in [0.1, 0.15) is 28.4 Å². The van der Waals surface area contributed by atoms with Crippen LogP contribution in [0.5, 0.6) is 0 Å². The van der Waals surface area contributed by atoms with Crippen molar-refractivity contribution in [2.75, 3.05) is 0 Å². The summed E-state index contributed by atoms with van der Waals surface area (Å²) in [6.45, 7) is 1.65. The maximum Gasteiger partial charge on any atom is 0.416 e. The number of hydrogen-bond acceptors (Lipinski definition) is 2. The number of hydrogen-bond donors (Lipinski definition) is 1. The summed E-state index contributed by atoms with van der Waals surface area (Å²) in [6.07, 6.45) is -3.49. The van der Waals surface area contributed by atoms with Crippen molar-refractivity contribution in [2.24, 2.45) is 0 Å². The number of aliphatic hydroxyl groups excluding tert-OH is 1. The number of aliphatic hydroxyl groups is 1. The Morgan fingerprint density at radius 2 is 1.85 bits per heavy atom. The van der Waals surface area contributed by atoms with Crippen molar-refractivity contribution in [3.63, 3.8) is 0 Å². The van der Waals surface area contributed by atoms with Gasteiger partial charge >= 0.3 is 6.18 Å².